The summed E-state index contributed by atoms with van der Waals surface area (Å²) in [6.07, 6.45) is 0. The van der Waals surface area contributed by atoms with E-state index in [-0.39, 0.29) is 12.5 Å². The van der Waals surface area contributed by atoms with Gasteiger partial charge in [0.1, 0.15) is 5.75 Å². The second-order valence-corrected chi connectivity index (χ2v) is 4.91. The molecule has 90 valence electrons. The molecule has 5 heteroatoms. The van der Waals surface area contributed by atoms with Gasteiger partial charge in [-0.1, -0.05) is 28.6 Å². The standard InChI is InChI=1S/C12H13BrN2O2/c1-8(13)5-14-6-9-2-3-11-10(4-9)15-12(16)7-17-11/h2-4,14H,1,5-7H2,(H,15,16). The molecule has 0 unspecified atom stereocenters. The first kappa shape index (κ1) is 12.1. The molecule has 0 bridgehead atoms. The van der Waals surface area contributed by atoms with Crippen LogP contribution in [0.25, 0.3) is 0 Å². The Balaban J connectivity index is 2.02. The maximum Gasteiger partial charge on any atom is 0.262 e. The van der Waals surface area contributed by atoms with E-state index < -0.39 is 0 Å². The van der Waals surface area contributed by atoms with E-state index in [2.05, 4.69) is 33.1 Å². The third-order valence-corrected chi connectivity index (χ3v) is 2.60. The number of halogens is 1. The molecule has 2 N–H and O–H groups in total. The molecule has 4 nitrogen and oxygen atoms in total. The lowest BCUT2D eigenvalue weighted by atomic mass is 10.1. The van der Waals surface area contributed by atoms with E-state index in [0.717, 1.165) is 21.5 Å². The highest BCUT2D eigenvalue weighted by Gasteiger charge is 2.15. The van der Waals surface area contributed by atoms with Gasteiger partial charge in [-0.2, -0.15) is 0 Å². The largest absolute Gasteiger partial charge is 0.482 e. The number of ether oxygens (including phenoxy) is 1. The number of fused-ring (bicyclic) bond motifs is 1. The van der Waals surface area contributed by atoms with Crippen molar-refractivity contribution >= 4 is 27.5 Å². The van der Waals surface area contributed by atoms with Crippen molar-refractivity contribution in [1.29, 1.82) is 0 Å². The maximum atomic E-state index is 11.2. The van der Waals surface area contributed by atoms with Crippen molar-refractivity contribution in [3.8, 4) is 5.75 Å². The lowest BCUT2D eigenvalue weighted by molar-refractivity contribution is -0.118. The Morgan fingerprint density at radius 1 is 1.59 bits per heavy atom. The fourth-order valence-corrected chi connectivity index (χ4v) is 1.78. The Hall–Kier alpha value is -1.33. The molecule has 1 aromatic carbocycles. The van der Waals surface area contributed by atoms with Crippen LogP contribution in [-0.4, -0.2) is 19.1 Å². The van der Waals surface area contributed by atoms with Crippen molar-refractivity contribution in [2.75, 3.05) is 18.5 Å². The van der Waals surface area contributed by atoms with Crippen LogP contribution in [0.3, 0.4) is 0 Å². The highest BCUT2D eigenvalue weighted by Crippen LogP contribution is 2.28. The molecule has 0 aliphatic carbocycles. The molecular formula is C12H13BrN2O2. The summed E-state index contributed by atoms with van der Waals surface area (Å²) in [7, 11) is 0. The summed E-state index contributed by atoms with van der Waals surface area (Å²) in [6.45, 7) is 5.26. The highest BCUT2D eigenvalue weighted by atomic mass is 79.9. The van der Waals surface area contributed by atoms with E-state index in [1.165, 1.54) is 0 Å². The molecule has 0 aromatic heterocycles. The Morgan fingerprint density at radius 3 is 3.18 bits per heavy atom. The molecule has 0 saturated heterocycles. The smallest absolute Gasteiger partial charge is 0.262 e. The molecule has 1 heterocycles. The monoisotopic (exact) mass is 296 g/mol. The van der Waals surface area contributed by atoms with E-state index >= 15 is 0 Å². The summed E-state index contributed by atoms with van der Waals surface area (Å²) in [6, 6.07) is 5.76. The Kier molecular flexibility index (Phi) is 3.81. The Bertz CT molecular complexity index is 460. The molecule has 0 atom stereocenters. The van der Waals surface area contributed by atoms with E-state index in [1.54, 1.807) is 0 Å². The predicted octanol–water partition coefficient (Wildman–Crippen LogP) is 2.02. The van der Waals surface area contributed by atoms with E-state index in [9.17, 15) is 4.79 Å². The van der Waals surface area contributed by atoms with Gasteiger partial charge in [-0.25, -0.2) is 0 Å². The van der Waals surface area contributed by atoms with Crippen molar-refractivity contribution in [3.63, 3.8) is 0 Å². The van der Waals surface area contributed by atoms with E-state index in [1.807, 2.05) is 18.2 Å². The number of anilines is 1. The van der Waals surface area contributed by atoms with Gasteiger partial charge in [-0.15, -0.1) is 0 Å². The van der Waals surface area contributed by atoms with Gasteiger partial charge in [0.25, 0.3) is 5.91 Å². The number of benzene rings is 1. The number of amides is 1. The van der Waals surface area contributed by atoms with Crippen LogP contribution in [0.4, 0.5) is 5.69 Å². The van der Waals surface area contributed by atoms with Crippen molar-refractivity contribution in [3.05, 3.63) is 34.8 Å². The lowest BCUT2D eigenvalue weighted by Crippen LogP contribution is -2.25. The lowest BCUT2D eigenvalue weighted by Gasteiger charge is -2.18. The molecule has 1 aliphatic rings. The molecule has 2 rings (SSSR count). The first-order chi connectivity index (χ1) is 8.15. The summed E-state index contributed by atoms with van der Waals surface area (Å²) >= 11 is 3.28. The van der Waals surface area contributed by atoms with Crippen LogP contribution in [0.5, 0.6) is 5.75 Å². The third kappa shape index (κ3) is 3.31. The molecule has 1 amide bonds. The molecule has 0 spiro atoms. The number of hydrogen-bond donors (Lipinski definition) is 2. The highest BCUT2D eigenvalue weighted by molar-refractivity contribution is 9.11. The Labute approximate surface area is 108 Å². The summed E-state index contributed by atoms with van der Waals surface area (Å²) in [5.74, 6) is 0.606. The molecular weight excluding hydrogens is 284 g/mol. The molecule has 1 aromatic rings. The van der Waals surface area contributed by atoms with Gasteiger partial charge in [0.2, 0.25) is 0 Å². The minimum Gasteiger partial charge on any atom is -0.482 e. The van der Waals surface area contributed by atoms with Crippen LogP contribution in [0.1, 0.15) is 5.56 Å². The second kappa shape index (κ2) is 5.33. The zero-order valence-corrected chi connectivity index (χ0v) is 10.8. The maximum absolute atomic E-state index is 11.2. The Morgan fingerprint density at radius 2 is 2.41 bits per heavy atom. The predicted molar refractivity (Wildman–Crippen MR) is 70.3 cm³/mol. The van der Waals surface area contributed by atoms with Crippen molar-refractivity contribution < 1.29 is 9.53 Å². The van der Waals surface area contributed by atoms with E-state index in [0.29, 0.717) is 13.1 Å². The number of nitrogens with one attached hydrogen (secondary N) is 2. The van der Waals surface area contributed by atoms with Crippen molar-refractivity contribution in [2.45, 2.75) is 6.54 Å². The number of rotatable bonds is 4. The fourth-order valence-electron chi connectivity index (χ4n) is 1.58. The SMILES string of the molecule is C=C(Br)CNCc1ccc2c(c1)NC(=O)CO2. The van der Waals surface area contributed by atoms with Crippen molar-refractivity contribution in [1.82, 2.24) is 5.32 Å². The fraction of sp³-hybridized carbons (Fsp3) is 0.250. The average Bonchev–Trinajstić information content (AvgIpc) is 2.28. The number of carbonyl (C=O) groups is 1. The minimum absolute atomic E-state index is 0.0913. The van der Waals surface area contributed by atoms with Gasteiger partial charge in [-0.05, 0) is 17.7 Å². The van der Waals surface area contributed by atoms with Crippen LogP contribution in [0, 0.1) is 0 Å². The topological polar surface area (TPSA) is 50.4 Å². The molecule has 1 aliphatic heterocycles. The zero-order chi connectivity index (χ0) is 12.3. The van der Waals surface area contributed by atoms with Crippen molar-refractivity contribution in [2.24, 2.45) is 0 Å². The summed E-state index contributed by atoms with van der Waals surface area (Å²) < 4.78 is 6.19. The summed E-state index contributed by atoms with van der Waals surface area (Å²) in [5.41, 5.74) is 1.82. The van der Waals surface area contributed by atoms with Crippen LogP contribution in [0.2, 0.25) is 0 Å². The summed E-state index contributed by atoms with van der Waals surface area (Å²) in [4.78, 5) is 11.2. The second-order valence-electron chi connectivity index (χ2n) is 3.79. The molecule has 0 radical (unpaired) electrons. The van der Waals surface area contributed by atoms with Crippen LogP contribution < -0.4 is 15.4 Å². The number of carbonyl (C=O) groups excluding carboxylic acids is 1. The first-order valence-corrected chi connectivity index (χ1v) is 6.04. The molecule has 17 heavy (non-hydrogen) atoms. The number of hydrogen-bond acceptors (Lipinski definition) is 3. The quantitative estimate of drug-likeness (QED) is 0.894. The molecule has 0 saturated carbocycles. The van der Waals surface area contributed by atoms with Gasteiger partial charge in [0.05, 0.1) is 5.69 Å². The van der Waals surface area contributed by atoms with Gasteiger partial charge < -0.3 is 15.4 Å². The van der Waals surface area contributed by atoms with Gasteiger partial charge in [0.15, 0.2) is 6.61 Å². The molecule has 0 fully saturated rings. The summed E-state index contributed by atoms with van der Waals surface area (Å²) in [5, 5.41) is 6.00. The average molecular weight is 297 g/mol. The van der Waals surface area contributed by atoms with Gasteiger partial charge in [0, 0.05) is 17.6 Å². The van der Waals surface area contributed by atoms with Gasteiger partial charge in [-0.3, -0.25) is 4.79 Å². The van der Waals surface area contributed by atoms with E-state index in [4.69, 9.17) is 4.74 Å². The first-order valence-electron chi connectivity index (χ1n) is 5.25. The van der Waals surface area contributed by atoms with Crippen LogP contribution in [0.15, 0.2) is 29.3 Å². The zero-order valence-electron chi connectivity index (χ0n) is 9.25. The minimum atomic E-state index is -0.114. The normalized spacial score (nSPS) is 13.6. The van der Waals surface area contributed by atoms with Crippen LogP contribution in [-0.2, 0) is 11.3 Å². The third-order valence-electron chi connectivity index (χ3n) is 2.32. The van der Waals surface area contributed by atoms with Crippen LogP contribution >= 0.6 is 15.9 Å². The van der Waals surface area contributed by atoms with Gasteiger partial charge >= 0.3 is 0 Å².